The molecule has 28 heavy (non-hydrogen) atoms. The molecule has 0 aliphatic heterocycles. The van der Waals surface area contributed by atoms with Crippen LogP contribution in [0.2, 0.25) is 0 Å². The van der Waals surface area contributed by atoms with Gasteiger partial charge in [-0.2, -0.15) is 0 Å². The molecule has 0 saturated carbocycles. The van der Waals surface area contributed by atoms with E-state index >= 15 is 0 Å². The number of nitrogens with zero attached hydrogens (tertiary/aromatic N) is 3. The van der Waals surface area contributed by atoms with E-state index in [2.05, 4.69) is 17.1 Å². The van der Waals surface area contributed by atoms with Gasteiger partial charge in [-0.05, 0) is 31.9 Å². The number of benzene rings is 1. The molecule has 1 amide bonds. The second-order valence-electron chi connectivity index (χ2n) is 6.98. The predicted molar refractivity (Wildman–Crippen MR) is 107 cm³/mol. The Balaban J connectivity index is 1.61. The molecule has 0 saturated heterocycles. The molecule has 2 heterocycles. The van der Waals surface area contributed by atoms with Gasteiger partial charge in [-0.25, -0.2) is 0 Å². The Kier molecular flexibility index (Phi) is 6.63. The molecule has 0 radical (unpaired) electrons. The quantitative estimate of drug-likeness (QED) is 0.537. The van der Waals surface area contributed by atoms with Crippen molar-refractivity contribution >= 4 is 5.91 Å². The number of furan rings is 1. The Morgan fingerprint density at radius 3 is 2.57 bits per heavy atom. The molecule has 0 unspecified atom stereocenters. The molecule has 148 valence electrons. The van der Waals surface area contributed by atoms with Crippen LogP contribution in [0.1, 0.15) is 49.2 Å². The maximum absolute atomic E-state index is 12.8. The van der Waals surface area contributed by atoms with Gasteiger partial charge < -0.3 is 13.7 Å². The summed E-state index contributed by atoms with van der Waals surface area (Å²) in [5, 5.41) is 8.19. The highest BCUT2D eigenvalue weighted by Gasteiger charge is 2.18. The fraction of sp³-hybridized carbons (Fsp3) is 0.409. The van der Waals surface area contributed by atoms with E-state index in [1.807, 2.05) is 55.1 Å². The molecule has 0 spiro atoms. The Labute approximate surface area is 165 Å². The Hall–Kier alpha value is -2.89. The number of aromatic nitrogens is 2. The third-order valence-corrected chi connectivity index (χ3v) is 4.64. The minimum atomic E-state index is 0.104. The van der Waals surface area contributed by atoms with Gasteiger partial charge in [0.1, 0.15) is 11.5 Å². The van der Waals surface area contributed by atoms with Crippen LogP contribution in [-0.2, 0) is 17.8 Å². The fourth-order valence-electron chi connectivity index (χ4n) is 3.12. The first-order chi connectivity index (χ1) is 13.6. The Bertz CT molecular complexity index is 899. The van der Waals surface area contributed by atoms with E-state index in [4.69, 9.17) is 8.83 Å². The van der Waals surface area contributed by atoms with Crippen molar-refractivity contribution in [3.05, 3.63) is 59.4 Å². The minimum Gasteiger partial charge on any atom is -0.466 e. The lowest BCUT2D eigenvalue weighted by Gasteiger charge is -2.22. The SMILES string of the molecule is CCCCN(Cc1ccccc1)C(=O)CCc1nnc(-c2cc(C)oc2C)o1. The zero-order valence-corrected chi connectivity index (χ0v) is 16.8. The van der Waals surface area contributed by atoms with E-state index in [0.717, 1.165) is 42.0 Å². The lowest BCUT2D eigenvalue weighted by Crippen LogP contribution is -2.31. The lowest BCUT2D eigenvalue weighted by atomic mass is 10.2. The first-order valence-corrected chi connectivity index (χ1v) is 9.78. The maximum atomic E-state index is 12.8. The van der Waals surface area contributed by atoms with Crippen molar-refractivity contribution < 1.29 is 13.6 Å². The Morgan fingerprint density at radius 1 is 1.11 bits per heavy atom. The number of rotatable bonds is 9. The maximum Gasteiger partial charge on any atom is 0.251 e. The number of amides is 1. The molecule has 0 atom stereocenters. The van der Waals surface area contributed by atoms with E-state index in [1.165, 1.54) is 0 Å². The van der Waals surface area contributed by atoms with Gasteiger partial charge in [-0.3, -0.25) is 4.79 Å². The highest BCUT2D eigenvalue weighted by Crippen LogP contribution is 2.25. The summed E-state index contributed by atoms with van der Waals surface area (Å²) >= 11 is 0. The zero-order valence-electron chi connectivity index (χ0n) is 16.8. The summed E-state index contributed by atoms with van der Waals surface area (Å²) in [5.41, 5.74) is 1.94. The molecule has 6 nitrogen and oxygen atoms in total. The van der Waals surface area contributed by atoms with Crippen LogP contribution in [0.15, 0.2) is 45.2 Å². The van der Waals surface area contributed by atoms with Crippen molar-refractivity contribution in [3.63, 3.8) is 0 Å². The summed E-state index contributed by atoms with van der Waals surface area (Å²) in [6.45, 7) is 7.26. The van der Waals surface area contributed by atoms with Crippen molar-refractivity contribution in [2.45, 2.75) is 53.0 Å². The van der Waals surface area contributed by atoms with E-state index in [-0.39, 0.29) is 5.91 Å². The molecule has 0 fully saturated rings. The number of carbonyl (C=O) groups excluding carboxylic acids is 1. The van der Waals surface area contributed by atoms with Crippen LogP contribution in [0.4, 0.5) is 0 Å². The van der Waals surface area contributed by atoms with Gasteiger partial charge >= 0.3 is 0 Å². The molecule has 3 rings (SSSR count). The second-order valence-corrected chi connectivity index (χ2v) is 6.98. The molecule has 0 aliphatic rings. The van der Waals surface area contributed by atoms with Crippen LogP contribution in [0, 0.1) is 13.8 Å². The highest BCUT2D eigenvalue weighted by molar-refractivity contribution is 5.76. The van der Waals surface area contributed by atoms with Crippen LogP contribution in [0.3, 0.4) is 0 Å². The number of hydrogen-bond acceptors (Lipinski definition) is 5. The second kappa shape index (κ2) is 9.35. The summed E-state index contributed by atoms with van der Waals surface area (Å²) in [5.74, 6) is 2.56. The van der Waals surface area contributed by atoms with Gasteiger partial charge in [-0.15, -0.1) is 10.2 Å². The summed E-state index contributed by atoms with van der Waals surface area (Å²) in [4.78, 5) is 14.7. The van der Waals surface area contributed by atoms with Crippen molar-refractivity contribution in [3.8, 4) is 11.5 Å². The van der Waals surface area contributed by atoms with E-state index in [0.29, 0.717) is 31.2 Å². The van der Waals surface area contributed by atoms with E-state index in [9.17, 15) is 4.79 Å². The van der Waals surface area contributed by atoms with Crippen LogP contribution < -0.4 is 0 Å². The molecule has 0 aliphatic carbocycles. The van der Waals surface area contributed by atoms with Crippen LogP contribution in [0.25, 0.3) is 11.5 Å². The average Bonchev–Trinajstić information content (AvgIpc) is 3.29. The summed E-state index contributed by atoms with van der Waals surface area (Å²) in [6.07, 6.45) is 2.82. The van der Waals surface area contributed by atoms with Crippen LogP contribution in [0.5, 0.6) is 0 Å². The van der Waals surface area contributed by atoms with Gasteiger partial charge in [0, 0.05) is 25.9 Å². The number of unbranched alkanes of at least 4 members (excludes halogenated alkanes) is 1. The lowest BCUT2D eigenvalue weighted by molar-refractivity contribution is -0.132. The number of carbonyl (C=O) groups is 1. The predicted octanol–water partition coefficient (Wildman–Crippen LogP) is 4.71. The molecule has 3 aromatic rings. The van der Waals surface area contributed by atoms with Crippen molar-refractivity contribution in [1.29, 1.82) is 0 Å². The molecule has 0 bridgehead atoms. The first kappa shape index (κ1) is 19.9. The monoisotopic (exact) mass is 381 g/mol. The van der Waals surface area contributed by atoms with Gasteiger partial charge in [0.05, 0.1) is 5.56 Å². The van der Waals surface area contributed by atoms with Crippen LogP contribution >= 0.6 is 0 Å². The molecular formula is C22H27N3O3. The van der Waals surface area contributed by atoms with Gasteiger partial charge in [0.15, 0.2) is 0 Å². The number of aryl methyl sites for hydroxylation is 3. The largest absolute Gasteiger partial charge is 0.466 e. The van der Waals surface area contributed by atoms with Crippen molar-refractivity contribution in [2.75, 3.05) is 6.54 Å². The van der Waals surface area contributed by atoms with E-state index in [1.54, 1.807) is 0 Å². The minimum absolute atomic E-state index is 0.104. The smallest absolute Gasteiger partial charge is 0.251 e. The van der Waals surface area contributed by atoms with Crippen molar-refractivity contribution in [1.82, 2.24) is 15.1 Å². The van der Waals surface area contributed by atoms with Gasteiger partial charge in [0.2, 0.25) is 11.8 Å². The number of hydrogen-bond donors (Lipinski definition) is 0. The van der Waals surface area contributed by atoms with Crippen molar-refractivity contribution in [2.24, 2.45) is 0 Å². The molecular weight excluding hydrogens is 354 g/mol. The molecule has 0 N–H and O–H groups in total. The van der Waals surface area contributed by atoms with E-state index < -0.39 is 0 Å². The summed E-state index contributed by atoms with van der Waals surface area (Å²) in [6, 6.07) is 12.0. The van der Waals surface area contributed by atoms with Gasteiger partial charge in [0.25, 0.3) is 5.89 Å². The summed E-state index contributed by atoms with van der Waals surface area (Å²) < 4.78 is 11.3. The zero-order chi connectivity index (χ0) is 19.9. The molecule has 6 heteroatoms. The average molecular weight is 381 g/mol. The standard InChI is InChI=1S/C22H27N3O3/c1-4-5-13-25(15-18-9-7-6-8-10-18)21(26)12-11-20-23-24-22(28-20)19-14-16(2)27-17(19)3/h6-10,14H,4-5,11-13,15H2,1-3H3. The normalized spacial score (nSPS) is 11.0. The third-order valence-electron chi connectivity index (χ3n) is 4.64. The molecule has 1 aromatic carbocycles. The first-order valence-electron chi connectivity index (χ1n) is 9.78. The van der Waals surface area contributed by atoms with Gasteiger partial charge in [-0.1, -0.05) is 43.7 Å². The highest BCUT2D eigenvalue weighted by atomic mass is 16.4. The van der Waals surface area contributed by atoms with Crippen LogP contribution in [-0.4, -0.2) is 27.5 Å². The molecule has 2 aromatic heterocycles. The fourth-order valence-corrected chi connectivity index (χ4v) is 3.12. The topological polar surface area (TPSA) is 72.4 Å². The Morgan fingerprint density at radius 2 is 1.89 bits per heavy atom. The summed E-state index contributed by atoms with van der Waals surface area (Å²) in [7, 11) is 0. The third kappa shape index (κ3) is 5.09.